The van der Waals surface area contributed by atoms with Crippen LogP contribution in [0.4, 0.5) is 0 Å². The lowest BCUT2D eigenvalue weighted by atomic mass is 10.4. The summed E-state index contributed by atoms with van der Waals surface area (Å²) in [5.74, 6) is 0. The molecule has 0 fully saturated rings. The van der Waals surface area contributed by atoms with Crippen LogP contribution in [-0.4, -0.2) is 14.6 Å². The highest BCUT2D eigenvalue weighted by molar-refractivity contribution is 5.38. The van der Waals surface area contributed by atoms with E-state index in [0.29, 0.717) is 5.65 Å². The minimum absolute atomic E-state index is 0.0370. The normalized spacial score (nSPS) is 9.92. The molecule has 0 aliphatic heterocycles. The molecule has 0 aromatic carbocycles. The number of nitriles is 1. The predicted octanol–water partition coefficient (Wildman–Crippen LogP) is -0.106. The van der Waals surface area contributed by atoms with Gasteiger partial charge in [-0.05, 0) is 0 Å². The van der Waals surface area contributed by atoms with E-state index in [1.807, 2.05) is 0 Å². The SMILES string of the molecule is N#Cc1cnc2cc[nH]n2c1=O. The summed E-state index contributed by atoms with van der Waals surface area (Å²) in [5, 5.41) is 11.2. The number of nitrogens with zero attached hydrogens (tertiary/aromatic N) is 3. The van der Waals surface area contributed by atoms with Crippen molar-refractivity contribution in [2.45, 2.75) is 0 Å². The van der Waals surface area contributed by atoms with Gasteiger partial charge < -0.3 is 0 Å². The Balaban J connectivity index is 3.00. The Morgan fingerprint density at radius 2 is 2.50 bits per heavy atom. The first kappa shape index (κ1) is 6.61. The first-order valence-electron chi connectivity index (χ1n) is 3.28. The molecule has 0 bridgehead atoms. The molecular weight excluding hydrogens is 156 g/mol. The number of aromatic nitrogens is 3. The van der Waals surface area contributed by atoms with Gasteiger partial charge in [0.25, 0.3) is 5.56 Å². The van der Waals surface area contributed by atoms with E-state index in [-0.39, 0.29) is 11.1 Å². The molecule has 0 saturated heterocycles. The lowest BCUT2D eigenvalue weighted by Gasteiger charge is -1.90. The Hall–Kier alpha value is -2.09. The van der Waals surface area contributed by atoms with Gasteiger partial charge in [-0.3, -0.25) is 9.89 Å². The fourth-order valence-electron chi connectivity index (χ4n) is 0.973. The molecule has 58 valence electrons. The molecule has 0 radical (unpaired) electrons. The fraction of sp³-hybridized carbons (Fsp3) is 0. The molecule has 5 nitrogen and oxygen atoms in total. The van der Waals surface area contributed by atoms with Gasteiger partial charge in [0.2, 0.25) is 0 Å². The summed E-state index contributed by atoms with van der Waals surface area (Å²) in [6.45, 7) is 0. The van der Waals surface area contributed by atoms with Crippen molar-refractivity contribution in [3.63, 3.8) is 0 Å². The van der Waals surface area contributed by atoms with E-state index in [4.69, 9.17) is 5.26 Å². The van der Waals surface area contributed by atoms with Gasteiger partial charge in [-0.25, -0.2) is 9.50 Å². The minimum Gasteiger partial charge on any atom is -0.297 e. The van der Waals surface area contributed by atoms with E-state index in [1.165, 1.54) is 10.7 Å². The fourth-order valence-corrected chi connectivity index (χ4v) is 0.973. The summed E-state index contributed by atoms with van der Waals surface area (Å²) in [6, 6.07) is 3.42. The number of nitrogens with one attached hydrogen (secondary N) is 1. The van der Waals surface area contributed by atoms with Crippen LogP contribution in [0.2, 0.25) is 0 Å². The van der Waals surface area contributed by atoms with E-state index in [0.717, 1.165) is 0 Å². The molecule has 2 heterocycles. The third-order valence-electron chi connectivity index (χ3n) is 1.55. The molecular formula is C7H4N4O. The molecule has 0 aliphatic carbocycles. The summed E-state index contributed by atoms with van der Waals surface area (Å²) in [7, 11) is 0. The Morgan fingerprint density at radius 3 is 3.25 bits per heavy atom. The summed E-state index contributed by atoms with van der Waals surface area (Å²) in [6.07, 6.45) is 2.86. The average molecular weight is 160 g/mol. The molecule has 1 N–H and O–H groups in total. The second-order valence-corrected chi connectivity index (χ2v) is 2.24. The van der Waals surface area contributed by atoms with Crippen molar-refractivity contribution in [2.24, 2.45) is 0 Å². The highest BCUT2D eigenvalue weighted by Crippen LogP contribution is 1.93. The molecule has 0 aliphatic rings. The Labute approximate surface area is 66.9 Å². The summed E-state index contributed by atoms with van der Waals surface area (Å²) < 4.78 is 1.22. The van der Waals surface area contributed by atoms with Gasteiger partial charge in [-0.15, -0.1) is 0 Å². The minimum atomic E-state index is -0.368. The molecule has 0 spiro atoms. The number of aromatic amines is 1. The summed E-state index contributed by atoms with van der Waals surface area (Å²) in [5.41, 5.74) is 0.182. The maximum absolute atomic E-state index is 11.3. The van der Waals surface area contributed by atoms with Crippen molar-refractivity contribution in [3.8, 4) is 6.07 Å². The molecule has 5 heteroatoms. The lowest BCUT2D eigenvalue weighted by Crippen LogP contribution is -2.17. The summed E-state index contributed by atoms with van der Waals surface area (Å²) in [4.78, 5) is 15.2. The van der Waals surface area contributed by atoms with E-state index in [1.54, 1.807) is 18.3 Å². The quantitative estimate of drug-likeness (QED) is 0.584. The molecule has 2 aromatic heterocycles. The molecule has 0 unspecified atom stereocenters. The van der Waals surface area contributed by atoms with Crippen molar-refractivity contribution in [2.75, 3.05) is 0 Å². The number of H-pyrrole nitrogens is 1. The van der Waals surface area contributed by atoms with E-state index in [2.05, 4.69) is 10.1 Å². The smallest absolute Gasteiger partial charge is 0.290 e. The Morgan fingerprint density at radius 1 is 1.67 bits per heavy atom. The van der Waals surface area contributed by atoms with E-state index < -0.39 is 0 Å². The van der Waals surface area contributed by atoms with Gasteiger partial charge >= 0.3 is 0 Å². The first-order valence-corrected chi connectivity index (χ1v) is 3.28. The zero-order valence-electron chi connectivity index (χ0n) is 5.98. The Kier molecular flexibility index (Phi) is 1.21. The molecule has 0 saturated carbocycles. The van der Waals surface area contributed by atoms with Gasteiger partial charge in [-0.2, -0.15) is 5.26 Å². The Bertz CT molecular complexity index is 516. The standard InChI is InChI=1S/C7H4N4O/c8-3-5-4-9-6-1-2-10-11(6)7(5)12/h1-2,4,10H. The van der Waals surface area contributed by atoms with Gasteiger partial charge in [0.1, 0.15) is 11.6 Å². The van der Waals surface area contributed by atoms with Crippen molar-refractivity contribution in [1.82, 2.24) is 14.6 Å². The van der Waals surface area contributed by atoms with Gasteiger partial charge in [0, 0.05) is 12.3 Å². The first-order chi connectivity index (χ1) is 5.83. The summed E-state index contributed by atoms with van der Waals surface area (Å²) >= 11 is 0. The second-order valence-electron chi connectivity index (χ2n) is 2.24. The van der Waals surface area contributed by atoms with Crippen molar-refractivity contribution < 1.29 is 0 Å². The van der Waals surface area contributed by atoms with Gasteiger partial charge in [0.15, 0.2) is 5.65 Å². The number of rotatable bonds is 0. The highest BCUT2D eigenvalue weighted by Gasteiger charge is 2.02. The zero-order valence-corrected chi connectivity index (χ0v) is 5.98. The van der Waals surface area contributed by atoms with E-state index in [9.17, 15) is 4.79 Å². The lowest BCUT2D eigenvalue weighted by molar-refractivity contribution is 0.893. The molecule has 0 atom stereocenters. The largest absolute Gasteiger partial charge is 0.297 e. The van der Waals surface area contributed by atoms with Crippen LogP contribution < -0.4 is 5.56 Å². The maximum atomic E-state index is 11.3. The van der Waals surface area contributed by atoms with Crippen LogP contribution in [0.1, 0.15) is 5.56 Å². The van der Waals surface area contributed by atoms with Crippen LogP contribution in [0.3, 0.4) is 0 Å². The monoisotopic (exact) mass is 160 g/mol. The van der Waals surface area contributed by atoms with Crippen LogP contribution in [0.5, 0.6) is 0 Å². The second kappa shape index (κ2) is 2.20. The van der Waals surface area contributed by atoms with Crippen LogP contribution in [0, 0.1) is 11.3 Å². The number of hydrogen-bond donors (Lipinski definition) is 1. The topological polar surface area (TPSA) is 73.9 Å². The molecule has 2 aromatic rings. The highest BCUT2D eigenvalue weighted by atomic mass is 16.1. The molecule has 12 heavy (non-hydrogen) atoms. The van der Waals surface area contributed by atoms with E-state index >= 15 is 0 Å². The van der Waals surface area contributed by atoms with Crippen LogP contribution in [0.25, 0.3) is 5.65 Å². The number of hydrogen-bond acceptors (Lipinski definition) is 3. The third kappa shape index (κ3) is 0.720. The number of fused-ring (bicyclic) bond motifs is 1. The molecule has 0 amide bonds. The van der Waals surface area contributed by atoms with Gasteiger partial charge in [-0.1, -0.05) is 0 Å². The van der Waals surface area contributed by atoms with Gasteiger partial charge in [0.05, 0.1) is 6.20 Å². The van der Waals surface area contributed by atoms with Crippen LogP contribution >= 0.6 is 0 Å². The van der Waals surface area contributed by atoms with Crippen LogP contribution in [-0.2, 0) is 0 Å². The third-order valence-corrected chi connectivity index (χ3v) is 1.55. The zero-order chi connectivity index (χ0) is 8.55. The van der Waals surface area contributed by atoms with Crippen LogP contribution in [0.15, 0.2) is 23.3 Å². The average Bonchev–Trinajstić information content (AvgIpc) is 2.53. The van der Waals surface area contributed by atoms with Crippen molar-refractivity contribution >= 4 is 5.65 Å². The van der Waals surface area contributed by atoms with Crippen molar-refractivity contribution in [3.05, 3.63) is 34.4 Å². The van der Waals surface area contributed by atoms with Crippen molar-refractivity contribution in [1.29, 1.82) is 5.26 Å². The molecule has 2 rings (SSSR count). The predicted molar refractivity (Wildman–Crippen MR) is 40.5 cm³/mol. The maximum Gasteiger partial charge on any atom is 0.290 e.